The first-order chi connectivity index (χ1) is 7.15. The Bertz CT molecular complexity index is 505. The van der Waals surface area contributed by atoms with Crippen molar-refractivity contribution in [2.24, 2.45) is 12.8 Å². The van der Waals surface area contributed by atoms with E-state index in [0.717, 1.165) is 27.4 Å². The molecule has 0 atom stereocenters. The Kier molecular flexibility index (Phi) is 2.71. The highest BCUT2D eigenvalue weighted by molar-refractivity contribution is 9.10. The number of nitrogens with zero attached hydrogens (tertiary/aromatic N) is 1. The van der Waals surface area contributed by atoms with E-state index < -0.39 is 0 Å². The van der Waals surface area contributed by atoms with Crippen molar-refractivity contribution in [3.63, 3.8) is 0 Å². The van der Waals surface area contributed by atoms with Gasteiger partial charge in [-0.15, -0.1) is 0 Å². The average Bonchev–Trinajstić information content (AvgIpc) is 2.51. The maximum Gasteiger partial charge on any atom is 0.139 e. The fraction of sp³-hybridized carbons (Fsp3) is 0.273. The van der Waals surface area contributed by atoms with E-state index in [1.165, 1.54) is 0 Å². The summed E-state index contributed by atoms with van der Waals surface area (Å²) in [6, 6.07) is 3.84. The maximum atomic E-state index is 9.98. The van der Waals surface area contributed by atoms with Gasteiger partial charge in [0.2, 0.25) is 0 Å². The van der Waals surface area contributed by atoms with E-state index in [1.807, 2.05) is 29.9 Å². The van der Waals surface area contributed by atoms with Gasteiger partial charge in [-0.3, -0.25) is 0 Å². The SMILES string of the molecule is Cn1cc(CCN)c2c(O)c(Br)ccc21. The van der Waals surface area contributed by atoms with Gasteiger partial charge in [-0.1, -0.05) is 0 Å². The lowest BCUT2D eigenvalue weighted by molar-refractivity contribution is 0.478. The number of fused-ring (bicyclic) bond motifs is 1. The van der Waals surface area contributed by atoms with Crippen molar-refractivity contribution in [3.05, 3.63) is 28.4 Å². The molecule has 1 heterocycles. The van der Waals surface area contributed by atoms with Gasteiger partial charge in [0.1, 0.15) is 5.75 Å². The van der Waals surface area contributed by atoms with Crippen molar-refractivity contribution >= 4 is 26.8 Å². The van der Waals surface area contributed by atoms with Crippen LogP contribution in [-0.4, -0.2) is 16.2 Å². The molecule has 2 rings (SSSR count). The van der Waals surface area contributed by atoms with Crippen LogP contribution in [0.1, 0.15) is 5.56 Å². The van der Waals surface area contributed by atoms with Crippen LogP contribution < -0.4 is 5.73 Å². The molecule has 1 aromatic carbocycles. The molecule has 0 bridgehead atoms. The molecule has 4 heteroatoms. The van der Waals surface area contributed by atoms with E-state index in [0.29, 0.717) is 12.3 Å². The van der Waals surface area contributed by atoms with E-state index in [1.54, 1.807) is 0 Å². The second-order valence-electron chi connectivity index (χ2n) is 3.59. The summed E-state index contributed by atoms with van der Waals surface area (Å²) in [6.07, 6.45) is 2.80. The second kappa shape index (κ2) is 3.87. The minimum absolute atomic E-state index is 0.302. The molecule has 0 fully saturated rings. The molecule has 0 saturated carbocycles. The molecule has 0 aliphatic heterocycles. The highest BCUT2D eigenvalue weighted by Crippen LogP contribution is 2.35. The number of hydrogen-bond donors (Lipinski definition) is 2. The van der Waals surface area contributed by atoms with Gasteiger partial charge in [0.15, 0.2) is 0 Å². The number of phenols is 1. The highest BCUT2D eigenvalue weighted by atomic mass is 79.9. The molecule has 0 aliphatic rings. The number of hydrogen-bond acceptors (Lipinski definition) is 2. The molecule has 0 spiro atoms. The van der Waals surface area contributed by atoms with Crippen molar-refractivity contribution in [1.82, 2.24) is 4.57 Å². The molecule has 3 nitrogen and oxygen atoms in total. The third-order valence-corrected chi connectivity index (χ3v) is 3.21. The Morgan fingerprint density at radius 1 is 1.47 bits per heavy atom. The zero-order valence-electron chi connectivity index (χ0n) is 8.50. The van der Waals surface area contributed by atoms with Crippen molar-refractivity contribution in [2.45, 2.75) is 6.42 Å². The normalized spacial score (nSPS) is 11.1. The minimum Gasteiger partial charge on any atom is -0.506 e. The average molecular weight is 269 g/mol. The zero-order valence-corrected chi connectivity index (χ0v) is 10.1. The van der Waals surface area contributed by atoms with E-state index in [4.69, 9.17) is 5.73 Å². The van der Waals surface area contributed by atoms with Crippen molar-refractivity contribution < 1.29 is 5.11 Å². The van der Waals surface area contributed by atoms with Crippen LogP contribution in [0.5, 0.6) is 5.75 Å². The number of rotatable bonds is 2. The zero-order chi connectivity index (χ0) is 11.0. The molecule has 0 unspecified atom stereocenters. The first kappa shape index (κ1) is 10.5. The maximum absolute atomic E-state index is 9.98. The minimum atomic E-state index is 0.302. The van der Waals surface area contributed by atoms with Gasteiger partial charge in [-0.25, -0.2) is 0 Å². The summed E-state index contributed by atoms with van der Waals surface area (Å²) in [5.74, 6) is 0.302. The quantitative estimate of drug-likeness (QED) is 0.877. The monoisotopic (exact) mass is 268 g/mol. The summed E-state index contributed by atoms with van der Waals surface area (Å²) in [5.41, 5.74) is 7.66. The third kappa shape index (κ3) is 1.64. The fourth-order valence-corrected chi connectivity index (χ4v) is 2.21. The summed E-state index contributed by atoms with van der Waals surface area (Å²) in [7, 11) is 1.97. The third-order valence-electron chi connectivity index (χ3n) is 2.57. The molecular formula is C11H13BrN2O. The lowest BCUT2D eigenvalue weighted by Crippen LogP contribution is -2.02. The Morgan fingerprint density at radius 2 is 2.20 bits per heavy atom. The molecular weight excluding hydrogens is 256 g/mol. The van der Waals surface area contributed by atoms with Crippen molar-refractivity contribution in [1.29, 1.82) is 0 Å². The number of aromatic hydroxyl groups is 1. The number of nitrogens with two attached hydrogens (primary N) is 1. The Morgan fingerprint density at radius 3 is 2.87 bits per heavy atom. The van der Waals surface area contributed by atoms with Gasteiger partial charge in [-0.05, 0) is 46.6 Å². The van der Waals surface area contributed by atoms with Gasteiger partial charge in [0, 0.05) is 18.6 Å². The molecule has 0 amide bonds. The molecule has 15 heavy (non-hydrogen) atoms. The Balaban J connectivity index is 2.77. The number of halogens is 1. The summed E-state index contributed by atoms with van der Waals surface area (Å²) in [5, 5.41) is 10.9. The number of aryl methyl sites for hydroxylation is 1. The molecule has 3 N–H and O–H groups in total. The first-order valence-electron chi connectivity index (χ1n) is 4.80. The summed E-state index contributed by atoms with van der Waals surface area (Å²) >= 11 is 3.32. The predicted molar refractivity (Wildman–Crippen MR) is 65.0 cm³/mol. The smallest absolute Gasteiger partial charge is 0.139 e. The van der Waals surface area contributed by atoms with Crippen LogP contribution in [0.2, 0.25) is 0 Å². The lowest BCUT2D eigenvalue weighted by Gasteiger charge is -2.02. The van der Waals surface area contributed by atoms with Crippen LogP contribution in [0, 0.1) is 0 Å². The van der Waals surface area contributed by atoms with E-state index in [-0.39, 0.29) is 0 Å². The summed E-state index contributed by atoms with van der Waals surface area (Å²) < 4.78 is 2.73. The molecule has 0 radical (unpaired) electrons. The molecule has 2 aromatic rings. The Labute approximate surface area is 96.6 Å². The largest absolute Gasteiger partial charge is 0.506 e. The van der Waals surface area contributed by atoms with Gasteiger partial charge >= 0.3 is 0 Å². The predicted octanol–water partition coefficient (Wildman–Crippen LogP) is 2.15. The van der Waals surface area contributed by atoms with Crippen LogP contribution in [0.15, 0.2) is 22.8 Å². The molecule has 0 saturated heterocycles. The lowest BCUT2D eigenvalue weighted by atomic mass is 10.1. The Hall–Kier alpha value is -1.000. The summed E-state index contributed by atoms with van der Waals surface area (Å²) in [4.78, 5) is 0. The standard InChI is InChI=1S/C11H13BrN2O/c1-14-6-7(4-5-13)10-9(14)3-2-8(12)11(10)15/h2-3,6,15H,4-5,13H2,1H3. The van der Waals surface area contributed by atoms with Crippen LogP contribution in [0.3, 0.4) is 0 Å². The van der Waals surface area contributed by atoms with Crippen molar-refractivity contribution in [3.8, 4) is 5.75 Å². The van der Waals surface area contributed by atoms with E-state index in [2.05, 4.69) is 15.9 Å². The number of phenolic OH excluding ortho intramolecular Hbond substituents is 1. The van der Waals surface area contributed by atoms with Gasteiger partial charge in [0.05, 0.1) is 9.99 Å². The van der Waals surface area contributed by atoms with E-state index >= 15 is 0 Å². The summed E-state index contributed by atoms with van der Waals surface area (Å²) in [6.45, 7) is 0.588. The van der Waals surface area contributed by atoms with Gasteiger partial charge in [0.25, 0.3) is 0 Å². The first-order valence-corrected chi connectivity index (χ1v) is 5.60. The van der Waals surface area contributed by atoms with Crippen molar-refractivity contribution in [2.75, 3.05) is 6.54 Å². The number of aromatic nitrogens is 1. The van der Waals surface area contributed by atoms with Crippen LogP contribution in [-0.2, 0) is 13.5 Å². The molecule has 0 aliphatic carbocycles. The van der Waals surface area contributed by atoms with Crippen LogP contribution in [0.25, 0.3) is 10.9 Å². The van der Waals surface area contributed by atoms with Crippen LogP contribution >= 0.6 is 15.9 Å². The molecule has 1 aromatic heterocycles. The second-order valence-corrected chi connectivity index (χ2v) is 4.45. The van der Waals surface area contributed by atoms with Gasteiger partial charge in [-0.2, -0.15) is 0 Å². The number of benzene rings is 1. The van der Waals surface area contributed by atoms with Crippen LogP contribution in [0.4, 0.5) is 0 Å². The van der Waals surface area contributed by atoms with Gasteiger partial charge < -0.3 is 15.4 Å². The van der Waals surface area contributed by atoms with E-state index in [9.17, 15) is 5.11 Å². The molecule has 80 valence electrons. The highest BCUT2D eigenvalue weighted by Gasteiger charge is 2.12. The topological polar surface area (TPSA) is 51.2 Å². The fourth-order valence-electron chi connectivity index (χ4n) is 1.88.